The lowest BCUT2D eigenvalue weighted by molar-refractivity contribution is -0.120. The molecule has 14 heteroatoms. The molecule has 38 heavy (non-hydrogen) atoms. The fourth-order valence-corrected chi connectivity index (χ4v) is 5.69. The van der Waals surface area contributed by atoms with Crippen molar-refractivity contribution < 1.29 is 32.5 Å². The highest BCUT2D eigenvalue weighted by molar-refractivity contribution is 7.91. The average Bonchev–Trinajstić information content (AvgIpc) is 3.58. The Balaban J connectivity index is 1.44. The number of sulfone groups is 1. The molecule has 3 aromatic rings. The third-order valence-electron chi connectivity index (χ3n) is 6.14. The summed E-state index contributed by atoms with van der Waals surface area (Å²) in [5.74, 6) is -0.526. The predicted molar refractivity (Wildman–Crippen MR) is 137 cm³/mol. The lowest BCUT2D eigenvalue weighted by atomic mass is 10.1. The summed E-state index contributed by atoms with van der Waals surface area (Å²) in [6.45, 7) is 1.74. The molecule has 0 unspecified atom stereocenters. The van der Waals surface area contributed by atoms with Crippen LogP contribution in [0.2, 0.25) is 0 Å². The number of rotatable bonds is 9. The van der Waals surface area contributed by atoms with Crippen LogP contribution in [0.4, 0.5) is 10.6 Å². The molecule has 2 saturated heterocycles. The van der Waals surface area contributed by atoms with E-state index in [0.29, 0.717) is 17.7 Å². The summed E-state index contributed by atoms with van der Waals surface area (Å²) in [6.07, 6.45) is 2.59. The number of nitrogens with one attached hydrogen (secondary N) is 2. The smallest absolute Gasteiger partial charge is 0.320 e. The van der Waals surface area contributed by atoms with Gasteiger partial charge in [-0.15, -0.1) is 0 Å². The summed E-state index contributed by atoms with van der Waals surface area (Å²) in [7, 11) is -3.62. The second kappa shape index (κ2) is 11.1. The van der Waals surface area contributed by atoms with Crippen molar-refractivity contribution in [3.63, 3.8) is 0 Å². The van der Waals surface area contributed by atoms with Gasteiger partial charge in [0.1, 0.15) is 24.6 Å². The van der Waals surface area contributed by atoms with Crippen LogP contribution in [-0.2, 0) is 24.0 Å². The standard InChI is InChI=1S/C24H28N6O7S/c1-2-25-24(32)29-21-18-22(27-13-26-21)30(14-28-18)23-20-19(16(35-23)12-38(33,34)11-10-31)36-17(37-20)9-8-15-6-4-3-5-7-15/h3-9,13-14,16-17,19-20,23,31H,2,10-12H2,1H3,(H2,25,26,27,29,32)/b9-8+/t16-,17+,19-,20-,23-/m1/s1. The van der Waals surface area contributed by atoms with Gasteiger partial charge in [0.05, 0.1) is 24.4 Å². The van der Waals surface area contributed by atoms with Gasteiger partial charge in [-0.05, 0) is 18.6 Å². The summed E-state index contributed by atoms with van der Waals surface area (Å²) >= 11 is 0. The number of carbonyl (C=O) groups excluding carboxylic acids is 1. The first-order valence-electron chi connectivity index (χ1n) is 12.1. The molecule has 2 aromatic heterocycles. The minimum atomic E-state index is -3.62. The Morgan fingerprint density at radius 1 is 1.13 bits per heavy atom. The van der Waals surface area contributed by atoms with Gasteiger partial charge in [0.15, 0.2) is 39.3 Å². The SMILES string of the molecule is CCNC(=O)Nc1ncnc2c1ncn2[C@@H]1O[C@H](CS(=O)(=O)CCO)[C@H]2O[C@H](/C=C/c3ccccc3)O[C@H]21. The number of urea groups is 1. The molecule has 0 saturated carbocycles. The number of carbonyl (C=O) groups is 1. The van der Waals surface area contributed by atoms with Gasteiger partial charge in [-0.1, -0.05) is 36.4 Å². The minimum absolute atomic E-state index is 0.212. The largest absolute Gasteiger partial charge is 0.395 e. The summed E-state index contributed by atoms with van der Waals surface area (Å²) < 4.78 is 45.1. The Bertz CT molecular complexity index is 1410. The number of aliphatic hydroxyl groups is 1. The van der Waals surface area contributed by atoms with Gasteiger partial charge in [-0.2, -0.15) is 0 Å². The predicted octanol–water partition coefficient (Wildman–Crippen LogP) is 1.10. The van der Waals surface area contributed by atoms with Crippen molar-refractivity contribution in [3.05, 3.63) is 54.6 Å². The lowest BCUT2D eigenvalue weighted by Gasteiger charge is -2.20. The topological polar surface area (TPSA) is 167 Å². The average molecular weight is 545 g/mol. The van der Waals surface area contributed by atoms with Crippen molar-refractivity contribution in [2.45, 2.75) is 37.8 Å². The van der Waals surface area contributed by atoms with Crippen molar-refractivity contribution in [3.8, 4) is 0 Å². The van der Waals surface area contributed by atoms with Crippen LogP contribution >= 0.6 is 0 Å². The maximum atomic E-state index is 12.5. The fraction of sp³-hybridized carbons (Fsp3) is 0.417. The number of aromatic nitrogens is 4. The van der Waals surface area contributed by atoms with E-state index in [1.807, 2.05) is 36.4 Å². The van der Waals surface area contributed by atoms with Crippen LogP contribution in [0.25, 0.3) is 17.2 Å². The molecular weight excluding hydrogens is 516 g/mol. The van der Waals surface area contributed by atoms with E-state index in [-0.39, 0.29) is 17.3 Å². The van der Waals surface area contributed by atoms with E-state index in [0.717, 1.165) is 5.56 Å². The maximum Gasteiger partial charge on any atom is 0.320 e. The molecule has 5 rings (SSSR count). The van der Waals surface area contributed by atoms with Gasteiger partial charge in [-0.25, -0.2) is 28.2 Å². The van der Waals surface area contributed by atoms with E-state index < -0.39 is 53.3 Å². The summed E-state index contributed by atoms with van der Waals surface area (Å²) in [5, 5.41) is 14.5. The molecule has 2 aliphatic rings. The van der Waals surface area contributed by atoms with Gasteiger partial charge in [0.2, 0.25) is 0 Å². The second-order valence-corrected chi connectivity index (χ2v) is 11.0. The number of hydrogen-bond acceptors (Lipinski definition) is 10. The van der Waals surface area contributed by atoms with Crippen LogP contribution in [0.5, 0.6) is 0 Å². The van der Waals surface area contributed by atoms with Gasteiger partial charge < -0.3 is 24.6 Å². The first-order valence-corrected chi connectivity index (χ1v) is 13.9. The van der Waals surface area contributed by atoms with E-state index in [4.69, 9.17) is 14.2 Å². The molecule has 0 aliphatic carbocycles. The van der Waals surface area contributed by atoms with Crippen LogP contribution < -0.4 is 10.6 Å². The summed E-state index contributed by atoms with van der Waals surface area (Å²) in [4.78, 5) is 24.8. The molecule has 0 radical (unpaired) electrons. The number of nitrogens with zero attached hydrogens (tertiary/aromatic N) is 4. The maximum absolute atomic E-state index is 12.5. The van der Waals surface area contributed by atoms with Crippen molar-refractivity contribution >= 4 is 38.9 Å². The quantitative estimate of drug-likeness (QED) is 0.355. The molecule has 4 heterocycles. The van der Waals surface area contributed by atoms with Crippen LogP contribution in [0, 0.1) is 0 Å². The minimum Gasteiger partial charge on any atom is -0.395 e. The van der Waals surface area contributed by atoms with Crippen molar-refractivity contribution in [1.29, 1.82) is 0 Å². The van der Waals surface area contributed by atoms with E-state index in [1.165, 1.54) is 12.7 Å². The molecule has 2 aliphatic heterocycles. The van der Waals surface area contributed by atoms with Crippen molar-refractivity contribution in [1.82, 2.24) is 24.8 Å². The highest BCUT2D eigenvalue weighted by Gasteiger charge is 2.54. The Kier molecular flexibility index (Phi) is 7.67. The van der Waals surface area contributed by atoms with Crippen LogP contribution in [0.3, 0.4) is 0 Å². The molecule has 202 valence electrons. The Hall–Kier alpha value is -3.43. The zero-order valence-electron chi connectivity index (χ0n) is 20.5. The van der Waals surface area contributed by atoms with E-state index in [1.54, 1.807) is 17.6 Å². The number of imidazole rings is 1. The molecule has 2 amide bonds. The molecule has 13 nitrogen and oxygen atoms in total. The number of anilines is 1. The van der Waals surface area contributed by atoms with E-state index in [2.05, 4.69) is 25.6 Å². The zero-order valence-corrected chi connectivity index (χ0v) is 21.3. The Labute approximate surface area is 218 Å². The van der Waals surface area contributed by atoms with Crippen molar-refractivity contribution in [2.24, 2.45) is 0 Å². The molecule has 0 bridgehead atoms. The number of benzene rings is 1. The molecule has 2 fully saturated rings. The van der Waals surface area contributed by atoms with E-state index >= 15 is 0 Å². The van der Waals surface area contributed by atoms with Gasteiger partial charge in [0.25, 0.3) is 0 Å². The first kappa shape index (κ1) is 26.2. The van der Waals surface area contributed by atoms with E-state index in [9.17, 15) is 18.3 Å². The third-order valence-corrected chi connectivity index (χ3v) is 7.78. The molecular formula is C24H28N6O7S. The molecule has 3 N–H and O–H groups in total. The number of ether oxygens (including phenoxy) is 3. The van der Waals surface area contributed by atoms with Crippen LogP contribution in [0.15, 0.2) is 49.1 Å². The Morgan fingerprint density at radius 3 is 2.68 bits per heavy atom. The first-order chi connectivity index (χ1) is 18.4. The fourth-order valence-electron chi connectivity index (χ4n) is 4.48. The highest BCUT2D eigenvalue weighted by Crippen LogP contribution is 2.41. The summed E-state index contributed by atoms with van der Waals surface area (Å²) in [5.41, 5.74) is 1.65. The highest BCUT2D eigenvalue weighted by atomic mass is 32.2. The number of amides is 2. The van der Waals surface area contributed by atoms with Gasteiger partial charge in [0, 0.05) is 6.54 Å². The monoisotopic (exact) mass is 544 g/mol. The number of hydrogen-bond donors (Lipinski definition) is 3. The second-order valence-electron chi connectivity index (χ2n) is 8.77. The molecule has 1 aromatic carbocycles. The summed E-state index contributed by atoms with van der Waals surface area (Å²) in [6, 6.07) is 9.18. The van der Waals surface area contributed by atoms with Gasteiger partial charge in [-0.3, -0.25) is 9.88 Å². The third kappa shape index (κ3) is 5.54. The normalized spacial score (nSPS) is 25.2. The zero-order chi connectivity index (χ0) is 26.7. The van der Waals surface area contributed by atoms with Crippen LogP contribution in [0.1, 0.15) is 18.7 Å². The molecule has 5 atom stereocenters. The number of fused-ring (bicyclic) bond motifs is 2. The van der Waals surface area contributed by atoms with Crippen molar-refractivity contribution in [2.75, 3.05) is 30.0 Å². The lowest BCUT2D eigenvalue weighted by Crippen LogP contribution is -2.35. The number of aliphatic hydroxyl groups excluding tert-OH is 1. The Morgan fingerprint density at radius 2 is 1.92 bits per heavy atom. The van der Waals surface area contributed by atoms with Crippen LogP contribution in [-0.4, -0.2) is 88.3 Å². The molecule has 0 spiro atoms. The van der Waals surface area contributed by atoms with Gasteiger partial charge >= 0.3 is 6.03 Å².